The molecule has 0 bridgehead atoms. The van der Waals surface area contributed by atoms with E-state index in [2.05, 4.69) is 10.6 Å². The summed E-state index contributed by atoms with van der Waals surface area (Å²) >= 11 is 0. The third kappa shape index (κ3) is 6.26. The molecular formula is C31H29F5N2O3. The molecule has 5 nitrogen and oxygen atoms in total. The highest BCUT2D eigenvalue weighted by Gasteiger charge is 2.34. The number of alkyl halides is 4. The summed E-state index contributed by atoms with van der Waals surface area (Å²) in [6, 6.07) is 15.1. The molecule has 0 saturated heterocycles. The number of carbonyl (C=O) groups is 2. The summed E-state index contributed by atoms with van der Waals surface area (Å²) in [6.45, 7) is -4.23. The zero-order valence-electron chi connectivity index (χ0n) is 22.3. The highest BCUT2D eigenvalue weighted by Crippen LogP contribution is 2.40. The van der Waals surface area contributed by atoms with Crippen molar-refractivity contribution < 1.29 is 36.0 Å². The molecule has 216 valence electrons. The van der Waals surface area contributed by atoms with E-state index in [1.54, 1.807) is 24.3 Å². The first-order valence-corrected chi connectivity index (χ1v) is 13.0. The van der Waals surface area contributed by atoms with E-state index >= 15 is 0 Å². The predicted octanol–water partition coefficient (Wildman–Crippen LogP) is 7.50. The maximum absolute atomic E-state index is 13.6. The van der Waals surface area contributed by atoms with Crippen molar-refractivity contribution in [3.63, 3.8) is 0 Å². The molecule has 4 rings (SSSR count). The molecule has 0 fully saturated rings. The van der Waals surface area contributed by atoms with Gasteiger partial charge in [-0.05, 0) is 48.4 Å². The van der Waals surface area contributed by atoms with E-state index in [9.17, 15) is 31.5 Å². The number of amides is 1. The number of nitrogens with one attached hydrogen (secondary N) is 2. The van der Waals surface area contributed by atoms with Gasteiger partial charge in [-0.3, -0.25) is 27.2 Å². The van der Waals surface area contributed by atoms with Gasteiger partial charge in [0.1, 0.15) is 37.2 Å². The van der Waals surface area contributed by atoms with Gasteiger partial charge in [-0.15, -0.1) is 0 Å². The SMILES string of the molecule is CNC(=O)c1c(-c2ccc(F)cc2)oc2cc(NCCCF)c(-c3cccc(C(=O)CC(CF)(CF)CF)c3)cc12. The number of anilines is 1. The van der Waals surface area contributed by atoms with Gasteiger partial charge < -0.3 is 15.1 Å². The standard InChI is InChI=1S/C31H29F5N2O3/c1-37-30(40)28-24-13-23(20-4-2-5-21(12-20)26(39)15-31(16-33,17-34)18-35)25(38-11-3-10-32)14-27(24)41-29(28)19-6-8-22(36)9-7-19/h2,4-9,12-14,38H,3,10-11,15-18H2,1H3,(H,37,40). The van der Waals surface area contributed by atoms with Gasteiger partial charge in [0.15, 0.2) is 5.78 Å². The largest absolute Gasteiger partial charge is 0.455 e. The molecule has 0 saturated carbocycles. The molecule has 0 radical (unpaired) electrons. The molecule has 1 amide bonds. The van der Waals surface area contributed by atoms with E-state index in [0.29, 0.717) is 33.3 Å². The zero-order chi connectivity index (χ0) is 29.6. The average Bonchev–Trinajstić information content (AvgIpc) is 3.38. The monoisotopic (exact) mass is 572 g/mol. The molecule has 0 spiro atoms. The number of hydrogen-bond acceptors (Lipinski definition) is 4. The number of benzene rings is 3. The summed E-state index contributed by atoms with van der Waals surface area (Å²) in [5.41, 5.74) is 0.679. The van der Waals surface area contributed by atoms with Crippen LogP contribution in [-0.2, 0) is 0 Å². The Morgan fingerprint density at radius 3 is 2.24 bits per heavy atom. The third-order valence-corrected chi connectivity index (χ3v) is 6.90. The molecule has 10 heteroatoms. The Morgan fingerprint density at radius 1 is 0.902 bits per heavy atom. The smallest absolute Gasteiger partial charge is 0.255 e. The van der Waals surface area contributed by atoms with Crippen molar-refractivity contribution >= 4 is 28.3 Å². The van der Waals surface area contributed by atoms with Crippen LogP contribution in [0.25, 0.3) is 33.4 Å². The van der Waals surface area contributed by atoms with E-state index in [0.717, 1.165) is 0 Å². The first-order valence-electron chi connectivity index (χ1n) is 13.0. The van der Waals surface area contributed by atoms with Gasteiger partial charge in [0, 0.05) is 53.8 Å². The van der Waals surface area contributed by atoms with E-state index < -0.39 is 56.0 Å². The minimum Gasteiger partial charge on any atom is -0.455 e. The van der Waals surface area contributed by atoms with Gasteiger partial charge in [0.2, 0.25) is 0 Å². The van der Waals surface area contributed by atoms with Crippen molar-refractivity contribution in [3.05, 3.63) is 77.6 Å². The van der Waals surface area contributed by atoms with Gasteiger partial charge in [-0.25, -0.2) is 4.39 Å². The number of hydrogen-bond donors (Lipinski definition) is 2. The van der Waals surface area contributed by atoms with Gasteiger partial charge in [-0.2, -0.15) is 0 Å². The number of fused-ring (bicyclic) bond motifs is 1. The Bertz CT molecular complexity index is 1520. The van der Waals surface area contributed by atoms with Crippen LogP contribution in [0, 0.1) is 11.2 Å². The van der Waals surface area contributed by atoms with Gasteiger partial charge >= 0.3 is 0 Å². The first kappa shape index (κ1) is 29.8. The van der Waals surface area contributed by atoms with Crippen LogP contribution in [0.5, 0.6) is 0 Å². The summed E-state index contributed by atoms with van der Waals surface area (Å²) in [5, 5.41) is 6.18. The Labute approximate surface area is 233 Å². The van der Waals surface area contributed by atoms with Crippen LogP contribution < -0.4 is 10.6 Å². The number of rotatable bonds is 13. The molecule has 1 heterocycles. The van der Waals surface area contributed by atoms with E-state index in [4.69, 9.17) is 4.42 Å². The molecule has 0 aliphatic heterocycles. The second-order valence-electron chi connectivity index (χ2n) is 9.84. The number of carbonyl (C=O) groups excluding carboxylic acids is 2. The highest BCUT2D eigenvalue weighted by atomic mass is 19.2. The van der Waals surface area contributed by atoms with E-state index in [-0.39, 0.29) is 29.9 Å². The molecule has 41 heavy (non-hydrogen) atoms. The van der Waals surface area contributed by atoms with Crippen molar-refractivity contribution in [3.8, 4) is 22.5 Å². The maximum Gasteiger partial charge on any atom is 0.255 e. The van der Waals surface area contributed by atoms with Crippen LogP contribution in [-0.4, -0.2) is 52.0 Å². The molecule has 2 N–H and O–H groups in total. The Balaban J connectivity index is 1.87. The van der Waals surface area contributed by atoms with Gasteiger partial charge in [-0.1, -0.05) is 18.2 Å². The van der Waals surface area contributed by atoms with Gasteiger partial charge in [0.05, 0.1) is 17.7 Å². The molecule has 1 aromatic heterocycles. The van der Waals surface area contributed by atoms with Crippen molar-refractivity contribution in [2.75, 3.05) is 45.6 Å². The number of ketones is 1. The van der Waals surface area contributed by atoms with Gasteiger partial charge in [0.25, 0.3) is 5.91 Å². The number of halogens is 5. The first-order chi connectivity index (χ1) is 19.8. The number of furan rings is 1. The fourth-order valence-corrected chi connectivity index (χ4v) is 4.52. The predicted molar refractivity (Wildman–Crippen MR) is 149 cm³/mol. The fourth-order valence-electron chi connectivity index (χ4n) is 4.52. The van der Waals surface area contributed by atoms with Crippen LogP contribution in [0.3, 0.4) is 0 Å². The fraction of sp³-hybridized carbons (Fsp3) is 0.290. The molecular weight excluding hydrogens is 543 g/mol. The second kappa shape index (κ2) is 13.0. The zero-order valence-corrected chi connectivity index (χ0v) is 22.3. The van der Waals surface area contributed by atoms with Crippen molar-refractivity contribution in [1.82, 2.24) is 5.32 Å². The van der Waals surface area contributed by atoms with Crippen molar-refractivity contribution in [2.45, 2.75) is 12.8 Å². The summed E-state index contributed by atoms with van der Waals surface area (Å²) in [4.78, 5) is 26.0. The topological polar surface area (TPSA) is 71.3 Å². The molecule has 0 aliphatic carbocycles. The Hall–Kier alpha value is -4.21. The molecule has 3 aromatic carbocycles. The van der Waals surface area contributed by atoms with Crippen LogP contribution in [0.1, 0.15) is 33.6 Å². The van der Waals surface area contributed by atoms with Crippen molar-refractivity contribution in [1.29, 1.82) is 0 Å². The molecule has 0 atom stereocenters. The summed E-state index contributed by atoms with van der Waals surface area (Å²) < 4.78 is 72.9. The highest BCUT2D eigenvalue weighted by molar-refractivity contribution is 6.13. The summed E-state index contributed by atoms with van der Waals surface area (Å²) in [7, 11) is 1.46. The summed E-state index contributed by atoms with van der Waals surface area (Å²) in [5.74, 6) is -1.31. The minimum atomic E-state index is -2.03. The number of Topliss-reactive ketones (excluding diaryl/α,β-unsaturated/α-hetero) is 1. The lowest BCUT2D eigenvalue weighted by molar-refractivity contribution is 0.0725. The van der Waals surface area contributed by atoms with Crippen LogP contribution in [0.15, 0.2) is 65.1 Å². The third-order valence-electron chi connectivity index (χ3n) is 6.90. The maximum atomic E-state index is 13.6. The van der Waals surface area contributed by atoms with Crippen LogP contribution in [0.4, 0.5) is 27.6 Å². The van der Waals surface area contributed by atoms with Crippen molar-refractivity contribution in [2.24, 2.45) is 5.41 Å². The van der Waals surface area contributed by atoms with E-state index in [1.807, 2.05) is 0 Å². The summed E-state index contributed by atoms with van der Waals surface area (Å²) in [6.07, 6.45) is -0.430. The molecule has 0 aliphatic rings. The van der Waals surface area contributed by atoms with Crippen LogP contribution in [0.2, 0.25) is 0 Å². The minimum absolute atomic E-state index is 0.128. The second-order valence-corrected chi connectivity index (χ2v) is 9.84. The lowest BCUT2D eigenvalue weighted by atomic mass is 9.84. The molecule has 4 aromatic rings. The lowest BCUT2D eigenvalue weighted by Gasteiger charge is -2.23. The normalized spacial score (nSPS) is 11.6. The van der Waals surface area contributed by atoms with E-state index in [1.165, 1.54) is 43.4 Å². The Kier molecular flexibility index (Phi) is 9.42. The average molecular weight is 573 g/mol. The lowest BCUT2D eigenvalue weighted by Crippen LogP contribution is -2.31. The molecule has 0 unspecified atom stereocenters. The quantitative estimate of drug-likeness (QED) is 0.0989. The van der Waals surface area contributed by atoms with Crippen LogP contribution >= 0.6 is 0 Å². The Morgan fingerprint density at radius 2 is 1.61 bits per heavy atom.